The monoisotopic (exact) mass is 804 g/mol. The molecule has 0 fully saturated rings. The van der Waals surface area contributed by atoms with E-state index in [4.69, 9.17) is 23.8 Å². The molecule has 0 saturated carbocycles. The van der Waals surface area contributed by atoms with Gasteiger partial charge in [-0.05, 0) is 76.8 Å². The maximum atomic E-state index is 6.81. The summed E-state index contributed by atoms with van der Waals surface area (Å²) in [6, 6.07) is 68.1. The molecule has 0 N–H and O–H groups in total. The van der Waals surface area contributed by atoms with Gasteiger partial charge in [0, 0.05) is 65.2 Å². The molecule has 14 aromatic rings. The zero-order chi connectivity index (χ0) is 41.2. The van der Waals surface area contributed by atoms with Crippen LogP contribution in [0.1, 0.15) is 0 Å². The van der Waals surface area contributed by atoms with Gasteiger partial charge in [-0.3, -0.25) is 0 Å². The lowest BCUT2D eigenvalue weighted by Gasteiger charge is -2.14. The van der Waals surface area contributed by atoms with Gasteiger partial charge in [0.2, 0.25) is 0 Å². The summed E-state index contributed by atoms with van der Waals surface area (Å²) in [4.78, 5) is 15.4. The van der Waals surface area contributed by atoms with E-state index in [-0.39, 0.29) is 0 Å². The summed E-state index contributed by atoms with van der Waals surface area (Å²) in [5.41, 5.74) is 9.41. The highest BCUT2D eigenvalue weighted by molar-refractivity contribution is 6.23. The highest BCUT2D eigenvalue weighted by Gasteiger charge is 2.22. The Hall–Kier alpha value is -8.61. The topological polar surface area (TPSA) is 69.9 Å². The maximum Gasteiger partial charge on any atom is 0.164 e. The molecular formula is C57H32N4O2. The average molecular weight is 805 g/mol. The summed E-state index contributed by atoms with van der Waals surface area (Å²) in [6.45, 7) is 0. The van der Waals surface area contributed by atoms with Crippen molar-refractivity contribution < 1.29 is 8.83 Å². The molecule has 0 bridgehead atoms. The molecule has 0 atom stereocenters. The van der Waals surface area contributed by atoms with Crippen molar-refractivity contribution in [3.05, 3.63) is 194 Å². The third-order valence-corrected chi connectivity index (χ3v) is 12.8. The predicted octanol–water partition coefficient (Wildman–Crippen LogP) is 15.2. The number of benzene rings is 10. The minimum atomic E-state index is 0.578. The molecule has 63 heavy (non-hydrogen) atoms. The number of fused-ring (bicyclic) bond motifs is 14. The summed E-state index contributed by atoms with van der Waals surface area (Å²) in [5, 5.41) is 13.5. The van der Waals surface area contributed by atoms with Crippen molar-refractivity contribution in [2.45, 2.75) is 0 Å². The number of para-hydroxylation sites is 1. The van der Waals surface area contributed by atoms with Crippen LogP contribution in [0.3, 0.4) is 0 Å². The number of aromatic nitrogens is 4. The summed E-state index contributed by atoms with van der Waals surface area (Å²) < 4.78 is 15.5. The second-order valence-electron chi connectivity index (χ2n) is 16.3. The van der Waals surface area contributed by atoms with Crippen LogP contribution in [0.4, 0.5) is 0 Å². The van der Waals surface area contributed by atoms with Gasteiger partial charge in [-0.2, -0.15) is 0 Å². The minimum absolute atomic E-state index is 0.578. The predicted molar refractivity (Wildman–Crippen MR) is 258 cm³/mol. The van der Waals surface area contributed by atoms with Crippen molar-refractivity contribution in [3.63, 3.8) is 0 Å². The van der Waals surface area contributed by atoms with E-state index in [1.807, 2.05) is 60.7 Å². The quantitative estimate of drug-likeness (QED) is 0.177. The molecular weight excluding hydrogens is 773 g/mol. The van der Waals surface area contributed by atoms with Crippen LogP contribution < -0.4 is 0 Å². The average Bonchev–Trinajstić information content (AvgIpc) is 4.02. The Bertz CT molecular complexity index is 4220. The second kappa shape index (κ2) is 12.9. The molecule has 0 aliphatic heterocycles. The van der Waals surface area contributed by atoms with Crippen LogP contribution in [-0.4, -0.2) is 19.5 Å². The third-order valence-electron chi connectivity index (χ3n) is 12.8. The molecule has 0 aliphatic rings. The third kappa shape index (κ3) is 5.09. The van der Waals surface area contributed by atoms with E-state index < -0.39 is 0 Å². The Labute approximate surface area is 358 Å². The first-order chi connectivity index (χ1) is 31.2. The largest absolute Gasteiger partial charge is 0.456 e. The first kappa shape index (κ1) is 34.1. The van der Waals surface area contributed by atoms with E-state index in [1.54, 1.807) is 0 Å². The van der Waals surface area contributed by atoms with Crippen molar-refractivity contribution in [2.75, 3.05) is 0 Å². The van der Waals surface area contributed by atoms with E-state index in [1.165, 1.54) is 37.8 Å². The molecule has 6 nitrogen and oxygen atoms in total. The standard InChI is InChI=1S/C57H32N4O2/c1-2-13-34(14-3-1)55-58-56(37-23-26-51-45(29-37)41-19-10-11-21-50(41)62-51)60-57(59-55)38-24-27-52-46(30-38)47-32-49(40-18-8-9-20-43(40)54(47)63-52)61-48-31-36-16-5-4-15-35(36)28-44(48)42-25-22-33-12-6-7-17-39(33)53(42)61/h1-32H. The van der Waals surface area contributed by atoms with E-state index in [2.05, 4.69) is 138 Å². The highest BCUT2D eigenvalue weighted by Crippen LogP contribution is 2.44. The Morgan fingerprint density at radius 1 is 0.317 bits per heavy atom. The number of rotatable bonds is 4. The molecule has 6 heteroatoms. The van der Waals surface area contributed by atoms with Gasteiger partial charge in [0.05, 0.1) is 16.7 Å². The Balaban J connectivity index is 1.03. The molecule has 0 spiro atoms. The minimum Gasteiger partial charge on any atom is -0.456 e. The van der Waals surface area contributed by atoms with Gasteiger partial charge in [0.15, 0.2) is 17.5 Å². The van der Waals surface area contributed by atoms with Crippen molar-refractivity contribution in [3.8, 4) is 39.9 Å². The van der Waals surface area contributed by atoms with Crippen LogP contribution in [0, 0.1) is 0 Å². The van der Waals surface area contributed by atoms with Crippen LogP contribution in [-0.2, 0) is 0 Å². The highest BCUT2D eigenvalue weighted by atomic mass is 16.3. The maximum absolute atomic E-state index is 6.81. The van der Waals surface area contributed by atoms with Crippen LogP contribution in [0.15, 0.2) is 203 Å². The zero-order valence-electron chi connectivity index (χ0n) is 33.6. The van der Waals surface area contributed by atoms with Crippen LogP contribution in [0.25, 0.3) is 138 Å². The first-order valence-electron chi connectivity index (χ1n) is 21.2. The normalized spacial score (nSPS) is 12.1. The first-order valence-corrected chi connectivity index (χ1v) is 21.2. The summed E-state index contributed by atoms with van der Waals surface area (Å²) in [5.74, 6) is 1.76. The van der Waals surface area contributed by atoms with Crippen molar-refractivity contribution in [1.82, 2.24) is 19.5 Å². The molecule has 4 aromatic heterocycles. The van der Waals surface area contributed by atoms with Crippen molar-refractivity contribution in [2.24, 2.45) is 0 Å². The molecule has 0 saturated heterocycles. The molecule has 0 radical (unpaired) electrons. The van der Waals surface area contributed by atoms with Gasteiger partial charge in [0.25, 0.3) is 0 Å². The van der Waals surface area contributed by atoms with Gasteiger partial charge in [0.1, 0.15) is 22.3 Å². The Morgan fingerprint density at radius 2 is 0.889 bits per heavy atom. The molecule has 4 heterocycles. The van der Waals surface area contributed by atoms with E-state index in [0.717, 1.165) is 82.5 Å². The van der Waals surface area contributed by atoms with Crippen molar-refractivity contribution >= 4 is 98.0 Å². The molecule has 14 rings (SSSR count). The smallest absolute Gasteiger partial charge is 0.164 e. The molecule has 0 unspecified atom stereocenters. The van der Waals surface area contributed by atoms with Crippen LogP contribution in [0.2, 0.25) is 0 Å². The van der Waals surface area contributed by atoms with Gasteiger partial charge in [-0.15, -0.1) is 0 Å². The lowest BCUT2D eigenvalue weighted by atomic mass is 10.0. The fourth-order valence-electron chi connectivity index (χ4n) is 9.83. The number of furan rings is 2. The number of nitrogens with zero attached hydrogens (tertiary/aromatic N) is 4. The molecule has 292 valence electrons. The van der Waals surface area contributed by atoms with E-state index >= 15 is 0 Å². The summed E-state index contributed by atoms with van der Waals surface area (Å²) >= 11 is 0. The zero-order valence-corrected chi connectivity index (χ0v) is 33.6. The summed E-state index contributed by atoms with van der Waals surface area (Å²) in [6.07, 6.45) is 0. The van der Waals surface area contributed by atoms with E-state index in [0.29, 0.717) is 17.5 Å². The van der Waals surface area contributed by atoms with Gasteiger partial charge >= 0.3 is 0 Å². The molecule has 10 aromatic carbocycles. The van der Waals surface area contributed by atoms with Crippen LogP contribution >= 0.6 is 0 Å². The fourth-order valence-corrected chi connectivity index (χ4v) is 9.83. The molecule has 0 amide bonds. The lowest BCUT2D eigenvalue weighted by molar-refractivity contribution is 0.669. The Morgan fingerprint density at radius 3 is 1.65 bits per heavy atom. The molecule has 0 aliphatic carbocycles. The SMILES string of the molecule is c1ccc(-c2nc(-c3ccc4oc5ccccc5c4c3)nc(-c3ccc4oc5c6ccccc6c(-n6c7cc8ccccc8cc7c7ccc8ccccc8c76)cc5c4c3)n2)cc1. The van der Waals surface area contributed by atoms with E-state index in [9.17, 15) is 0 Å². The number of hydrogen-bond donors (Lipinski definition) is 0. The van der Waals surface area contributed by atoms with Crippen LogP contribution in [0.5, 0.6) is 0 Å². The fraction of sp³-hybridized carbons (Fsp3) is 0. The van der Waals surface area contributed by atoms with Gasteiger partial charge < -0.3 is 13.4 Å². The number of hydrogen-bond acceptors (Lipinski definition) is 5. The lowest BCUT2D eigenvalue weighted by Crippen LogP contribution is -2.00. The Kier molecular flexibility index (Phi) is 7.02. The van der Waals surface area contributed by atoms with Gasteiger partial charge in [-0.25, -0.2) is 15.0 Å². The van der Waals surface area contributed by atoms with Crippen molar-refractivity contribution in [1.29, 1.82) is 0 Å². The summed E-state index contributed by atoms with van der Waals surface area (Å²) in [7, 11) is 0. The second-order valence-corrected chi connectivity index (χ2v) is 16.3. The van der Waals surface area contributed by atoms with Gasteiger partial charge in [-0.1, -0.05) is 133 Å².